The average Bonchev–Trinajstić information content (AvgIpc) is 2.31. The Hall–Kier alpha value is -1.20. The smallest absolute Gasteiger partial charge is 0.158 e. The molecular weight excluding hydrogens is 234 g/mol. The lowest BCUT2D eigenvalue weighted by atomic mass is 10.2. The molecule has 0 aliphatic heterocycles. The molecule has 0 atom stereocenters. The summed E-state index contributed by atoms with van der Waals surface area (Å²) in [6.07, 6.45) is 0. The second-order valence-electron chi connectivity index (χ2n) is 3.44. The highest BCUT2D eigenvalue weighted by Gasteiger charge is 2.04. The molecule has 5 heteroatoms. The Balaban J connectivity index is 2.78. The van der Waals surface area contributed by atoms with Crippen LogP contribution in [0, 0.1) is 5.41 Å². The first-order chi connectivity index (χ1) is 8.21. The van der Waals surface area contributed by atoms with Crippen LogP contribution in [0.3, 0.4) is 0 Å². The fraction of sp³-hybridized carbons (Fsp3) is 0.417. The highest BCUT2D eigenvalue weighted by atomic mass is 32.2. The third-order valence-corrected chi connectivity index (χ3v) is 2.88. The average molecular weight is 253 g/mol. The minimum atomic E-state index is 0.455. The fourth-order valence-corrected chi connectivity index (χ4v) is 1.95. The third kappa shape index (κ3) is 4.28. The minimum Gasteiger partial charge on any atom is -0.496 e. The Labute approximate surface area is 107 Å². The largest absolute Gasteiger partial charge is 0.496 e. The number of nitrogens with one attached hydrogen (secondary N) is 3. The van der Waals surface area contributed by atoms with E-state index in [4.69, 9.17) is 10.1 Å². The summed E-state index contributed by atoms with van der Waals surface area (Å²) in [6.45, 7) is 2.79. The number of amidine groups is 1. The van der Waals surface area contributed by atoms with Gasteiger partial charge in [-0.3, -0.25) is 5.41 Å². The van der Waals surface area contributed by atoms with Crippen LogP contribution in [-0.4, -0.2) is 25.1 Å². The Morgan fingerprint density at radius 1 is 1.47 bits per heavy atom. The Morgan fingerprint density at radius 3 is 2.82 bits per heavy atom. The molecule has 0 aliphatic carbocycles. The number of benzene rings is 1. The van der Waals surface area contributed by atoms with Gasteiger partial charge < -0.3 is 15.4 Å². The zero-order valence-electron chi connectivity index (χ0n) is 10.5. The number of hydrogen-bond acceptors (Lipinski definition) is 4. The summed E-state index contributed by atoms with van der Waals surface area (Å²) in [5, 5.41) is 14.3. The van der Waals surface area contributed by atoms with E-state index in [0.717, 1.165) is 29.3 Å². The molecule has 1 rings (SSSR count). The van der Waals surface area contributed by atoms with E-state index < -0.39 is 0 Å². The van der Waals surface area contributed by atoms with E-state index in [1.165, 1.54) is 11.8 Å². The molecule has 0 radical (unpaired) electrons. The molecule has 0 spiro atoms. The van der Waals surface area contributed by atoms with Crippen molar-refractivity contribution in [2.75, 3.05) is 25.2 Å². The van der Waals surface area contributed by atoms with Crippen LogP contribution in [0.25, 0.3) is 0 Å². The first-order valence-corrected chi connectivity index (χ1v) is 6.49. The van der Waals surface area contributed by atoms with Gasteiger partial charge in [0.05, 0.1) is 7.11 Å². The normalized spacial score (nSPS) is 10.1. The van der Waals surface area contributed by atoms with Crippen molar-refractivity contribution in [2.45, 2.75) is 13.5 Å². The molecule has 17 heavy (non-hydrogen) atoms. The van der Waals surface area contributed by atoms with E-state index in [1.54, 1.807) is 7.11 Å². The molecule has 0 heterocycles. The summed E-state index contributed by atoms with van der Waals surface area (Å²) < 4.78 is 5.32. The molecule has 1 aromatic carbocycles. The molecule has 0 fully saturated rings. The maximum atomic E-state index is 7.69. The van der Waals surface area contributed by atoms with Gasteiger partial charge in [-0.25, -0.2) is 0 Å². The van der Waals surface area contributed by atoms with Gasteiger partial charge in [0.1, 0.15) is 5.75 Å². The number of hydrogen-bond donors (Lipinski definition) is 3. The van der Waals surface area contributed by atoms with E-state index in [0.29, 0.717) is 5.17 Å². The van der Waals surface area contributed by atoms with E-state index >= 15 is 0 Å². The standard InChI is InChI=1S/C12H19N3OS/c1-4-17-12(13)15-10-6-5-9(8-14-2)11(7-10)16-3/h5-7,14H,4,8H2,1-3H3,(H2,13,15). The van der Waals surface area contributed by atoms with Crippen molar-refractivity contribution >= 4 is 22.6 Å². The maximum Gasteiger partial charge on any atom is 0.158 e. The Bertz CT molecular complexity index is 382. The van der Waals surface area contributed by atoms with Gasteiger partial charge in [0, 0.05) is 23.9 Å². The van der Waals surface area contributed by atoms with Crippen molar-refractivity contribution in [3.05, 3.63) is 23.8 Å². The summed E-state index contributed by atoms with van der Waals surface area (Å²) >= 11 is 1.47. The Morgan fingerprint density at radius 2 is 2.24 bits per heavy atom. The van der Waals surface area contributed by atoms with Crippen LogP contribution < -0.4 is 15.4 Å². The summed E-state index contributed by atoms with van der Waals surface area (Å²) in [5.74, 6) is 1.72. The topological polar surface area (TPSA) is 57.1 Å². The summed E-state index contributed by atoms with van der Waals surface area (Å²) in [6, 6.07) is 5.87. The van der Waals surface area contributed by atoms with Crippen molar-refractivity contribution in [2.24, 2.45) is 0 Å². The quantitative estimate of drug-likeness (QED) is 0.557. The molecule has 0 saturated carbocycles. The molecule has 0 saturated heterocycles. The highest BCUT2D eigenvalue weighted by molar-refractivity contribution is 8.14. The van der Waals surface area contributed by atoms with Crippen molar-refractivity contribution in [3.63, 3.8) is 0 Å². The van der Waals surface area contributed by atoms with Crippen LogP contribution in [0.15, 0.2) is 18.2 Å². The first-order valence-electron chi connectivity index (χ1n) is 5.51. The van der Waals surface area contributed by atoms with Crippen molar-refractivity contribution in [1.29, 1.82) is 5.41 Å². The van der Waals surface area contributed by atoms with Crippen LogP contribution in [0.2, 0.25) is 0 Å². The molecule has 4 nitrogen and oxygen atoms in total. The highest BCUT2D eigenvalue weighted by Crippen LogP contribution is 2.23. The van der Waals surface area contributed by atoms with Crippen LogP contribution in [-0.2, 0) is 6.54 Å². The molecule has 0 aromatic heterocycles. The van der Waals surface area contributed by atoms with E-state index in [2.05, 4.69) is 10.6 Å². The van der Waals surface area contributed by atoms with Gasteiger partial charge in [-0.05, 0) is 18.9 Å². The molecule has 0 amide bonds. The van der Waals surface area contributed by atoms with Crippen molar-refractivity contribution < 1.29 is 4.74 Å². The molecule has 0 aliphatic rings. The van der Waals surface area contributed by atoms with Crippen LogP contribution in [0.5, 0.6) is 5.75 Å². The van der Waals surface area contributed by atoms with Crippen LogP contribution in [0.1, 0.15) is 12.5 Å². The SMILES string of the molecule is CCSC(=N)Nc1ccc(CNC)c(OC)c1. The maximum absolute atomic E-state index is 7.69. The number of rotatable bonds is 5. The third-order valence-electron chi connectivity index (χ3n) is 2.20. The predicted molar refractivity (Wildman–Crippen MR) is 75.2 cm³/mol. The zero-order chi connectivity index (χ0) is 12.7. The second-order valence-corrected chi connectivity index (χ2v) is 4.72. The number of thioether (sulfide) groups is 1. The molecule has 0 bridgehead atoms. The molecule has 94 valence electrons. The Kier molecular flexibility index (Phi) is 5.86. The van der Waals surface area contributed by atoms with Gasteiger partial charge in [-0.15, -0.1) is 0 Å². The molecule has 3 N–H and O–H groups in total. The summed E-state index contributed by atoms with van der Waals surface area (Å²) in [4.78, 5) is 0. The van der Waals surface area contributed by atoms with Crippen molar-refractivity contribution in [3.8, 4) is 5.75 Å². The van der Waals surface area contributed by atoms with Gasteiger partial charge in [0.2, 0.25) is 0 Å². The second kappa shape index (κ2) is 7.19. The van der Waals surface area contributed by atoms with Gasteiger partial charge in [-0.1, -0.05) is 24.8 Å². The summed E-state index contributed by atoms with van der Waals surface area (Å²) in [7, 11) is 3.56. The zero-order valence-corrected chi connectivity index (χ0v) is 11.3. The monoisotopic (exact) mass is 253 g/mol. The van der Waals surface area contributed by atoms with Gasteiger partial charge in [-0.2, -0.15) is 0 Å². The summed E-state index contributed by atoms with van der Waals surface area (Å²) in [5.41, 5.74) is 1.99. The first kappa shape index (κ1) is 13.9. The van der Waals surface area contributed by atoms with Gasteiger partial charge in [0.25, 0.3) is 0 Å². The van der Waals surface area contributed by atoms with Crippen molar-refractivity contribution in [1.82, 2.24) is 5.32 Å². The number of anilines is 1. The minimum absolute atomic E-state index is 0.455. The fourth-order valence-electron chi connectivity index (χ4n) is 1.47. The molecule has 0 unspecified atom stereocenters. The van der Waals surface area contributed by atoms with Gasteiger partial charge in [0.15, 0.2) is 5.17 Å². The van der Waals surface area contributed by atoms with E-state index in [9.17, 15) is 0 Å². The number of ether oxygens (including phenoxy) is 1. The van der Waals surface area contributed by atoms with Gasteiger partial charge >= 0.3 is 0 Å². The van der Waals surface area contributed by atoms with Crippen LogP contribution >= 0.6 is 11.8 Å². The van der Waals surface area contributed by atoms with E-state index in [1.807, 2.05) is 32.2 Å². The lowest BCUT2D eigenvalue weighted by molar-refractivity contribution is 0.409. The number of methoxy groups -OCH3 is 1. The predicted octanol–water partition coefficient (Wildman–Crippen LogP) is 2.51. The molecule has 1 aromatic rings. The van der Waals surface area contributed by atoms with E-state index in [-0.39, 0.29) is 0 Å². The lowest BCUT2D eigenvalue weighted by Gasteiger charge is -2.12. The van der Waals surface area contributed by atoms with Crippen LogP contribution in [0.4, 0.5) is 5.69 Å². The molecular formula is C12H19N3OS. The lowest BCUT2D eigenvalue weighted by Crippen LogP contribution is -2.09.